The van der Waals surface area contributed by atoms with Crippen LogP contribution in [0.1, 0.15) is 28.4 Å². The van der Waals surface area contributed by atoms with E-state index in [-0.39, 0.29) is 11.8 Å². The molecule has 33 heavy (non-hydrogen) atoms. The summed E-state index contributed by atoms with van der Waals surface area (Å²) in [5.41, 5.74) is 4.04. The number of hydrogen-bond acceptors (Lipinski definition) is 4. The Morgan fingerprint density at radius 3 is 2.33 bits per heavy atom. The zero-order chi connectivity index (χ0) is 23.4. The largest absolute Gasteiger partial charge is 0.322 e. The lowest BCUT2D eigenvalue weighted by Gasteiger charge is -2.15. The van der Waals surface area contributed by atoms with Crippen molar-refractivity contribution in [2.75, 3.05) is 21.5 Å². The number of nitrogens with one attached hydrogen (secondary N) is 2. The summed E-state index contributed by atoms with van der Waals surface area (Å²) in [4.78, 5) is 26.0. The number of anilines is 3. The summed E-state index contributed by atoms with van der Waals surface area (Å²) in [6.07, 6.45) is 2.25. The van der Waals surface area contributed by atoms with E-state index in [0.29, 0.717) is 23.5 Å². The van der Waals surface area contributed by atoms with E-state index in [0.717, 1.165) is 28.6 Å². The maximum absolute atomic E-state index is 12.6. The highest BCUT2D eigenvalue weighted by atomic mass is 32.2. The van der Waals surface area contributed by atoms with Gasteiger partial charge in [0, 0.05) is 36.1 Å². The second kappa shape index (κ2) is 9.30. The molecule has 3 aromatic carbocycles. The average Bonchev–Trinajstić information content (AvgIpc) is 3.22. The number of carbonyl (C=O) groups is 2. The molecule has 4 rings (SSSR count). The number of fused-ring (bicyclic) bond motifs is 1. The maximum atomic E-state index is 12.6. The molecule has 0 aromatic heterocycles. The summed E-state index contributed by atoms with van der Waals surface area (Å²) in [6, 6.07) is 20.8. The summed E-state index contributed by atoms with van der Waals surface area (Å²) in [6.45, 7) is 2.17. The first-order chi connectivity index (χ1) is 15.8. The second-order valence-corrected chi connectivity index (χ2v) is 9.22. The molecule has 168 valence electrons. The predicted octanol–water partition coefficient (Wildman–Crippen LogP) is 4.26. The van der Waals surface area contributed by atoms with Gasteiger partial charge in [0.25, 0.3) is 15.9 Å². The molecule has 0 saturated carbocycles. The summed E-state index contributed by atoms with van der Waals surface area (Å²) >= 11 is 0. The lowest BCUT2D eigenvalue weighted by molar-refractivity contribution is -0.116. The van der Waals surface area contributed by atoms with Gasteiger partial charge >= 0.3 is 0 Å². The Hall–Kier alpha value is -3.91. The van der Waals surface area contributed by atoms with Gasteiger partial charge in [0.15, 0.2) is 0 Å². The fourth-order valence-electron chi connectivity index (χ4n) is 3.63. The molecule has 0 spiro atoms. The van der Waals surface area contributed by atoms with E-state index in [2.05, 4.69) is 10.0 Å². The van der Waals surface area contributed by atoms with E-state index in [9.17, 15) is 18.0 Å². The molecular formula is C25H23N3O4S. The van der Waals surface area contributed by atoms with Crippen LogP contribution in [0.15, 0.2) is 78.2 Å². The third-order valence-electron chi connectivity index (χ3n) is 5.26. The molecule has 1 heterocycles. The van der Waals surface area contributed by atoms with Gasteiger partial charge in [-0.15, -0.1) is 0 Å². The van der Waals surface area contributed by atoms with E-state index in [1.807, 2.05) is 30.3 Å². The van der Waals surface area contributed by atoms with Gasteiger partial charge in [-0.1, -0.05) is 30.3 Å². The molecule has 0 fully saturated rings. The average molecular weight is 462 g/mol. The van der Waals surface area contributed by atoms with Crippen LogP contribution >= 0.6 is 0 Å². The van der Waals surface area contributed by atoms with Gasteiger partial charge in [-0.2, -0.15) is 0 Å². The van der Waals surface area contributed by atoms with E-state index in [1.165, 1.54) is 25.1 Å². The number of hydrogen-bond donors (Lipinski definition) is 2. The molecule has 0 radical (unpaired) electrons. The molecule has 2 N–H and O–H groups in total. The lowest BCUT2D eigenvalue weighted by atomic mass is 10.1. The quantitative estimate of drug-likeness (QED) is 0.573. The van der Waals surface area contributed by atoms with Crippen LogP contribution in [0.3, 0.4) is 0 Å². The third kappa shape index (κ3) is 5.48. The van der Waals surface area contributed by atoms with Crippen LogP contribution in [-0.2, 0) is 21.2 Å². The molecular weight excluding hydrogens is 438 g/mol. The molecule has 2 amide bonds. The highest BCUT2D eigenvalue weighted by Crippen LogP contribution is 2.30. The first-order valence-electron chi connectivity index (χ1n) is 10.4. The Kier molecular flexibility index (Phi) is 6.28. The lowest BCUT2D eigenvalue weighted by Crippen LogP contribution is -2.25. The summed E-state index contributed by atoms with van der Waals surface area (Å²) in [7, 11) is -3.69. The minimum atomic E-state index is -3.69. The summed E-state index contributed by atoms with van der Waals surface area (Å²) < 4.78 is 27.0. The molecule has 1 aliphatic heterocycles. The van der Waals surface area contributed by atoms with Crippen LogP contribution in [0.5, 0.6) is 0 Å². The molecule has 7 nitrogen and oxygen atoms in total. The number of amides is 2. The Morgan fingerprint density at radius 2 is 1.64 bits per heavy atom. The summed E-state index contributed by atoms with van der Waals surface area (Å²) in [5, 5.41) is 3.95. The van der Waals surface area contributed by atoms with Crippen LogP contribution < -0.4 is 14.9 Å². The maximum Gasteiger partial charge on any atom is 0.255 e. The topological polar surface area (TPSA) is 95.6 Å². The van der Waals surface area contributed by atoms with Crippen molar-refractivity contribution in [2.24, 2.45) is 0 Å². The van der Waals surface area contributed by atoms with Crippen molar-refractivity contribution in [3.05, 3.63) is 94.9 Å². The molecule has 0 atom stereocenters. The van der Waals surface area contributed by atoms with Crippen molar-refractivity contribution in [2.45, 2.75) is 13.3 Å². The number of rotatable bonds is 6. The highest BCUT2D eigenvalue weighted by molar-refractivity contribution is 7.95. The molecule has 0 bridgehead atoms. The van der Waals surface area contributed by atoms with Gasteiger partial charge in [0.2, 0.25) is 5.91 Å². The summed E-state index contributed by atoms with van der Waals surface area (Å²) in [5.74, 6) is -0.313. The smallest absolute Gasteiger partial charge is 0.255 e. The van der Waals surface area contributed by atoms with Crippen LogP contribution in [0, 0.1) is 0 Å². The molecule has 0 aliphatic carbocycles. The van der Waals surface area contributed by atoms with Gasteiger partial charge < -0.3 is 10.2 Å². The van der Waals surface area contributed by atoms with Crippen molar-refractivity contribution < 1.29 is 18.0 Å². The van der Waals surface area contributed by atoms with E-state index < -0.39 is 10.0 Å². The van der Waals surface area contributed by atoms with Crippen LogP contribution in [0.4, 0.5) is 17.1 Å². The molecule has 3 aromatic rings. The van der Waals surface area contributed by atoms with Gasteiger partial charge in [-0.3, -0.25) is 14.3 Å². The van der Waals surface area contributed by atoms with Crippen molar-refractivity contribution in [1.82, 2.24) is 0 Å². The van der Waals surface area contributed by atoms with E-state index in [4.69, 9.17) is 0 Å². The number of sulfonamides is 1. The monoisotopic (exact) mass is 461 g/mol. The van der Waals surface area contributed by atoms with Crippen molar-refractivity contribution in [3.8, 4) is 0 Å². The van der Waals surface area contributed by atoms with Gasteiger partial charge in [-0.05, 0) is 66.1 Å². The van der Waals surface area contributed by atoms with Crippen molar-refractivity contribution in [3.63, 3.8) is 0 Å². The Bertz CT molecular complexity index is 1320. The van der Waals surface area contributed by atoms with Crippen molar-refractivity contribution >= 4 is 45.0 Å². The van der Waals surface area contributed by atoms with E-state index >= 15 is 0 Å². The minimum Gasteiger partial charge on any atom is -0.322 e. The number of carbonyl (C=O) groups excluding carboxylic acids is 2. The van der Waals surface area contributed by atoms with Crippen LogP contribution in [0.2, 0.25) is 0 Å². The SMILES string of the molecule is CC(=O)N1CCc2cc(NC(=O)c3ccc(NS(=O)(=O)/C=C/c4ccccc4)cc3)ccc21. The fraction of sp³-hybridized carbons (Fsp3) is 0.120. The van der Waals surface area contributed by atoms with Crippen molar-refractivity contribution in [1.29, 1.82) is 0 Å². The Morgan fingerprint density at radius 1 is 0.939 bits per heavy atom. The fourth-order valence-corrected chi connectivity index (χ4v) is 4.50. The first-order valence-corrected chi connectivity index (χ1v) is 11.9. The number of nitrogens with zero attached hydrogens (tertiary/aromatic N) is 1. The van der Waals surface area contributed by atoms with Crippen LogP contribution in [-0.4, -0.2) is 26.8 Å². The molecule has 0 saturated heterocycles. The Balaban J connectivity index is 1.39. The Labute approximate surface area is 192 Å². The normalized spacial score (nSPS) is 13.1. The number of benzene rings is 3. The van der Waals surface area contributed by atoms with Gasteiger partial charge in [0.1, 0.15) is 0 Å². The molecule has 8 heteroatoms. The third-order valence-corrected chi connectivity index (χ3v) is 6.27. The minimum absolute atomic E-state index is 0.00296. The molecule has 0 unspecified atom stereocenters. The first kappa shape index (κ1) is 22.3. The standard InChI is InChI=1S/C25H23N3O4S/c1-18(29)28-15-13-21-17-23(11-12-24(21)28)26-25(30)20-7-9-22(10-8-20)27-33(31,32)16-14-19-5-3-2-4-6-19/h2-12,14,16-17,27H,13,15H2,1H3,(H,26,30)/b16-14+. The highest BCUT2D eigenvalue weighted by Gasteiger charge is 2.22. The zero-order valence-corrected chi connectivity index (χ0v) is 18.8. The van der Waals surface area contributed by atoms with Gasteiger partial charge in [-0.25, -0.2) is 8.42 Å². The van der Waals surface area contributed by atoms with E-state index in [1.54, 1.807) is 35.2 Å². The van der Waals surface area contributed by atoms with Crippen LogP contribution in [0.25, 0.3) is 6.08 Å². The second-order valence-electron chi connectivity index (χ2n) is 7.66. The predicted molar refractivity (Wildman–Crippen MR) is 131 cm³/mol. The zero-order valence-electron chi connectivity index (χ0n) is 18.0. The van der Waals surface area contributed by atoms with Gasteiger partial charge in [0.05, 0.1) is 5.41 Å². The molecule has 1 aliphatic rings.